The molecule has 0 aromatic carbocycles. The predicted molar refractivity (Wildman–Crippen MR) is 95.5 cm³/mol. The Kier molecular flexibility index (Phi) is 4.69. The van der Waals surface area contributed by atoms with E-state index in [2.05, 4.69) is 11.4 Å². The predicted octanol–water partition coefficient (Wildman–Crippen LogP) is 3.54. The minimum atomic E-state index is -0.478. The van der Waals surface area contributed by atoms with E-state index in [4.69, 9.17) is 0 Å². The molecular weight excluding hydrogens is 342 g/mol. The Morgan fingerprint density at radius 2 is 2.21 bits per heavy atom. The zero-order valence-electron chi connectivity index (χ0n) is 13.5. The SMILES string of the molecule is Cc1sc(NC(=O)C2CCCN2C(=O)c2cccs2)c(C#N)c1C. The maximum Gasteiger partial charge on any atom is 0.264 e. The largest absolute Gasteiger partial charge is 0.326 e. The number of nitriles is 1. The standard InChI is InChI=1S/C17H17N3O2S2/c1-10-11(2)24-16(12(10)9-18)19-15(21)13-5-3-7-20(13)17(22)14-6-4-8-23-14/h4,6,8,13H,3,5,7H2,1-2H3,(H,19,21). The monoisotopic (exact) mass is 359 g/mol. The van der Waals surface area contributed by atoms with Crippen molar-refractivity contribution in [2.45, 2.75) is 32.7 Å². The van der Waals surface area contributed by atoms with Crippen LogP contribution in [-0.2, 0) is 4.79 Å². The fraction of sp³-hybridized carbons (Fsp3) is 0.353. The molecule has 24 heavy (non-hydrogen) atoms. The molecular formula is C17H17N3O2S2. The molecule has 0 aliphatic carbocycles. The van der Waals surface area contributed by atoms with E-state index in [1.165, 1.54) is 22.7 Å². The number of nitrogens with one attached hydrogen (secondary N) is 1. The second kappa shape index (κ2) is 6.75. The van der Waals surface area contributed by atoms with Crippen LogP contribution >= 0.6 is 22.7 Å². The Hall–Kier alpha value is -2.17. The summed E-state index contributed by atoms with van der Waals surface area (Å²) < 4.78 is 0. The zero-order chi connectivity index (χ0) is 17.3. The minimum absolute atomic E-state index is 0.0957. The number of thiophene rings is 2. The van der Waals surface area contributed by atoms with Gasteiger partial charge in [-0.1, -0.05) is 6.07 Å². The second-order valence-electron chi connectivity index (χ2n) is 5.72. The molecule has 1 atom stereocenters. The summed E-state index contributed by atoms with van der Waals surface area (Å²) in [5.41, 5.74) is 1.41. The van der Waals surface area contributed by atoms with Crippen molar-refractivity contribution in [2.75, 3.05) is 11.9 Å². The van der Waals surface area contributed by atoms with Crippen LogP contribution in [0.5, 0.6) is 0 Å². The first kappa shape index (κ1) is 16.7. The smallest absolute Gasteiger partial charge is 0.264 e. The average molecular weight is 359 g/mol. The van der Waals surface area contributed by atoms with Gasteiger partial charge in [0.2, 0.25) is 5.91 Å². The van der Waals surface area contributed by atoms with Crippen molar-refractivity contribution in [3.05, 3.63) is 38.4 Å². The van der Waals surface area contributed by atoms with Gasteiger partial charge in [-0.25, -0.2) is 0 Å². The molecule has 5 nitrogen and oxygen atoms in total. The van der Waals surface area contributed by atoms with Gasteiger partial charge in [-0.3, -0.25) is 9.59 Å². The van der Waals surface area contributed by atoms with Crippen LogP contribution in [0.2, 0.25) is 0 Å². The number of carbonyl (C=O) groups is 2. The third-order valence-electron chi connectivity index (χ3n) is 4.28. The lowest BCUT2D eigenvalue weighted by atomic mass is 10.1. The van der Waals surface area contributed by atoms with Gasteiger partial charge in [-0.05, 0) is 43.7 Å². The Bertz CT molecular complexity index is 818. The third kappa shape index (κ3) is 2.95. The van der Waals surface area contributed by atoms with E-state index in [1.807, 2.05) is 25.3 Å². The topological polar surface area (TPSA) is 73.2 Å². The number of likely N-dealkylation sites (tertiary alicyclic amines) is 1. The van der Waals surface area contributed by atoms with Gasteiger partial charge >= 0.3 is 0 Å². The number of hydrogen-bond acceptors (Lipinski definition) is 5. The summed E-state index contributed by atoms with van der Waals surface area (Å²) in [5, 5.41) is 14.6. The minimum Gasteiger partial charge on any atom is -0.326 e. The van der Waals surface area contributed by atoms with Gasteiger partial charge in [0.1, 0.15) is 17.1 Å². The van der Waals surface area contributed by atoms with E-state index in [1.54, 1.807) is 11.0 Å². The highest BCUT2D eigenvalue weighted by Gasteiger charge is 2.35. The number of rotatable bonds is 3. The fourth-order valence-corrected chi connectivity index (χ4v) is 4.56. The van der Waals surface area contributed by atoms with Gasteiger partial charge < -0.3 is 10.2 Å². The molecule has 1 fully saturated rings. The Labute approximate surface area is 148 Å². The van der Waals surface area contributed by atoms with Gasteiger partial charge in [-0.2, -0.15) is 5.26 Å². The van der Waals surface area contributed by atoms with Crippen molar-refractivity contribution in [1.82, 2.24) is 4.90 Å². The summed E-state index contributed by atoms with van der Waals surface area (Å²) in [6.45, 7) is 4.39. The highest BCUT2D eigenvalue weighted by molar-refractivity contribution is 7.16. The molecule has 3 rings (SSSR count). The normalized spacial score (nSPS) is 16.9. The van der Waals surface area contributed by atoms with Gasteiger partial charge in [0.15, 0.2) is 0 Å². The fourth-order valence-electron chi connectivity index (χ4n) is 2.87. The summed E-state index contributed by atoms with van der Waals surface area (Å²) >= 11 is 2.79. The number of aryl methyl sites for hydroxylation is 1. The number of amides is 2. The van der Waals surface area contributed by atoms with E-state index in [-0.39, 0.29) is 11.8 Å². The maximum atomic E-state index is 12.7. The molecule has 1 N–H and O–H groups in total. The summed E-state index contributed by atoms with van der Waals surface area (Å²) in [6.07, 6.45) is 1.46. The van der Waals surface area contributed by atoms with Crippen molar-refractivity contribution in [2.24, 2.45) is 0 Å². The molecule has 2 amide bonds. The molecule has 1 aliphatic rings. The van der Waals surface area contributed by atoms with E-state index < -0.39 is 6.04 Å². The molecule has 1 saturated heterocycles. The van der Waals surface area contributed by atoms with Crippen LogP contribution in [0, 0.1) is 25.2 Å². The van der Waals surface area contributed by atoms with E-state index >= 15 is 0 Å². The lowest BCUT2D eigenvalue weighted by molar-refractivity contribution is -0.119. The molecule has 7 heteroatoms. The number of hydrogen-bond donors (Lipinski definition) is 1. The van der Waals surface area contributed by atoms with Crippen molar-refractivity contribution in [3.63, 3.8) is 0 Å². The number of carbonyl (C=O) groups excluding carboxylic acids is 2. The molecule has 1 unspecified atom stereocenters. The Morgan fingerprint density at radius 3 is 2.88 bits per heavy atom. The Morgan fingerprint density at radius 1 is 1.42 bits per heavy atom. The molecule has 124 valence electrons. The van der Waals surface area contributed by atoms with E-state index in [0.717, 1.165) is 16.9 Å². The van der Waals surface area contributed by atoms with E-state index in [0.29, 0.717) is 28.4 Å². The Balaban J connectivity index is 1.78. The van der Waals surface area contributed by atoms with Crippen molar-refractivity contribution in [1.29, 1.82) is 5.26 Å². The van der Waals surface area contributed by atoms with Gasteiger partial charge in [0.25, 0.3) is 5.91 Å². The molecule has 0 saturated carbocycles. The average Bonchev–Trinajstić information content (AvgIpc) is 3.29. The van der Waals surface area contributed by atoms with Crippen molar-refractivity contribution in [3.8, 4) is 6.07 Å². The van der Waals surface area contributed by atoms with Gasteiger partial charge in [0.05, 0.1) is 10.4 Å². The molecule has 2 aromatic heterocycles. The first-order chi connectivity index (χ1) is 11.5. The van der Waals surface area contributed by atoms with Gasteiger partial charge in [-0.15, -0.1) is 22.7 Å². The first-order valence-corrected chi connectivity index (χ1v) is 9.38. The molecule has 3 heterocycles. The summed E-state index contributed by atoms with van der Waals surface area (Å²) in [7, 11) is 0. The number of nitrogens with zero attached hydrogens (tertiary/aromatic N) is 2. The summed E-state index contributed by atoms with van der Waals surface area (Å²) in [6, 6.07) is 5.29. The molecule has 1 aliphatic heterocycles. The maximum absolute atomic E-state index is 12.7. The summed E-state index contributed by atoms with van der Waals surface area (Å²) in [4.78, 5) is 28.5. The summed E-state index contributed by atoms with van der Waals surface area (Å²) in [5.74, 6) is -0.308. The molecule has 0 spiro atoms. The van der Waals surface area contributed by atoms with Crippen LogP contribution in [0.1, 0.15) is 38.5 Å². The van der Waals surface area contributed by atoms with Crippen LogP contribution in [-0.4, -0.2) is 29.3 Å². The quantitative estimate of drug-likeness (QED) is 0.911. The zero-order valence-corrected chi connectivity index (χ0v) is 15.1. The lowest BCUT2D eigenvalue weighted by Crippen LogP contribution is -2.42. The lowest BCUT2D eigenvalue weighted by Gasteiger charge is -2.23. The van der Waals surface area contributed by atoms with Crippen LogP contribution in [0.3, 0.4) is 0 Å². The number of anilines is 1. The van der Waals surface area contributed by atoms with Crippen LogP contribution in [0.15, 0.2) is 17.5 Å². The van der Waals surface area contributed by atoms with Crippen molar-refractivity contribution < 1.29 is 9.59 Å². The van der Waals surface area contributed by atoms with Crippen LogP contribution in [0.4, 0.5) is 5.00 Å². The van der Waals surface area contributed by atoms with Crippen LogP contribution in [0.25, 0.3) is 0 Å². The molecule has 0 bridgehead atoms. The first-order valence-electron chi connectivity index (χ1n) is 7.68. The van der Waals surface area contributed by atoms with Gasteiger partial charge in [0, 0.05) is 11.4 Å². The molecule has 2 aromatic rings. The van der Waals surface area contributed by atoms with Crippen LogP contribution < -0.4 is 5.32 Å². The third-order valence-corrected chi connectivity index (χ3v) is 6.26. The highest BCUT2D eigenvalue weighted by atomic mass is 32.1. The second-order valence-corrected chi connectivity index (χ2v) is 7.89. The molecule has 0 radical (unpaired) electrons. The van der Waals surface area contributed by atoms with Crippen molar-refractivity contribution >= 4 is 39.5 Å². The highest BCUT2D eigenvalue weighted by Crippen LogP contribution is 2.32. The van der Waals surface area contributed by atoms with E-state index in [9.17, 15) is 14.9 Å².